The molecule has 1 atom stereocenters. The summed E-state index contributed by atoms with van der Waals surface area (Å²) < 4.78 is 5.06. The van der Waals surface area contributed by atoms with Crippen LogP contribution in [0.15, 0.2) is 18.2 Å². The Hall–Kier alpha value is -3.37. The van der Waals surface area contributed by atoms with Crippen molar-refractivity contribution in [2.24, 2.45) is 0 Å². The van der Waals surface area contributed by atoms with Crippen molar-refractivity contribution >= 4 is 35.0 Å². The lowest BCUT2D eigenvalue weighted by Crippen LogP contribution is -2.46. The van der Waals surface area contributed by atoms with Gasteiger partial charge in [-0.1, -0.05) is 0 Å². The van der Waals surface area contributed by atoms with Crippen LogP contribution in [0.5, 0.6) is 0 Å². The number of benzene rings is 1. The SMILES string of the molecule is CC(C)(C)OC(=O)N[C@@H](CCC(=O)O)C(=O)Nc1cc([N+](=O)[O-])ccc1N. The number of nitrogens with one attached hydrogen (secondary N) is 2. The molecule has 0 aliphatic carbocycles. The Morgan fingerprint density at radius 3 is 2.48 bits per heavy atom. The van der Waals surface area contributed by atoms with Crippen LogP contribution in [0.1, 0.15) is 33.6 Å². The number of nitro groups is 1. The molecular weight excluding hydrogens is 360 g/mol. The van der Waals surface area contributed by atoms with E-state index in [4.69, 9.17) is 15.6 Å². The highest BCUT2D eigenvalue weighted by Crippen LogP contribution is 2.24. The third kappa shape index (κ3) is 7.59. The first-order valence-corrected chi connectivity index (χ1v) is 7.95. The topological polar surface area (TPSA) is 174 Å². The van der Waals surface area contributed by atoms with E-state index < -0.39 is 41.0 Å². The Kier molecular flexibility index (Phi) is 7.09. The van der Waals surface area contributed by atoms with Crippen LogP contribution >= 0.6 is 0 Å². The van der Waals surface area contributed by atoms with Crippen molar-refractivity contribution < 1.29 is 29.2 Å². The van der Waals surface area contributed by atoms with E-state index in [-0.39, 0.29) is 23.5 Å². The van der Waals surface area contributed by atoms with E-state index in [1.54, 1.807) is 20.8 Å². The highest BCUT2D eigenvalue weighted by atomic mass is 16.6. The second-order valence-corrected chi connectivity index (χ2v) is 6.65. The number of anilines is 2. The summed E-state index contributed by atoms with van der Waals surface area (Å²) in [5, 5.41) is 24.3. The minimum absolute atomic E-state index is 0.0273. The number of carboxylic acid groups (broad SMARTS) is 1. The molecule has 5 N–H and O–H groups in total. The lowest BCUT2D eigenvalue weighted by molar-refractivity contribution is -0.384. The zero-order valence-electron chi connectivity index (χ0n) is 15.1. The first-order valence-electron chi connectivity index (χ1n) is 7.95. The third-order valence-corrected chi connectivity index (χ3v) is 3.16. The largest absolute Gasteiger partial charge is 0.481 e. The van der Waals surface area contributed by atoms with Crippen molar-refractivity contribution in [3.63, 3.8) is 0 Å². The highest BCUT2D eigenvalue weighted by Gasteiger charge is 2.26. The number of ether oxygens (including phenoxy) is 1. The zero-order chi connectivity index (χ0) is 20.8. The molecule has 148 valence electrons. The molecule has 11 heteroatoms. The zero-order valence-corrected chi connectivity index (χ0v) is 15.1. The standard InChI is InChI=1S/C16H22N4O7/c1-16(2,3)27-15(24)19-11(6-7-13(21)22)14(23)18-12-8-9(20(25)26)4-5-10(12)17/h4-5,8,11H,6-7,17H2,1-3H3,(H,18,23)(H,19,24)(H,21,22)/t11-/m0/s1. The van der Waals surface area contributed by atoms with Gasteiger partial charge in [-0.25, -0.2) is 4.79 Å². The molecule has 11 nitrogen and oxygen atoms in total. The summed E-state index contributed by atoms with van der Waals surface area (Å²) in [6.45, 7) is 4.88. The molecule has 0 aromatic heterocycles. The maximum atomic E-state index is 12.5. The van der Waals surface area contributed by atoms with E-state index >= 15 is 0 Å². The summed E-state index contributed by atoms with van der Waals surface area (Å²) in [6.07, 6.45) is -1.51. The minimum Gasteiger partial charge on any atom is -0.481 e. The van der Waals surface area contributed by atoms with Gasteiger partial charge in [0.15, 0.2) is 0 Å². The molecular formula is C16H22N4O7. The Bertz CT molecular complexity index is 743. The van der Waals surface area contributed by atoms with Gasteiger partial charge in [-0.05, 0) is 33.3 Å². The van der Waals surface area contributed by atoms with Crippen LogP contribution in [-0.2, 0) is 14.3 Å². The summed E-state index contributed by atoms with van der Waals surface area (Å²) >= 11 is 0. The number of hydrogen-bond donors (Lipinski definition) is 4. The number of alkyl carbamates (subject to hydrolysis) is 1. The van der Waals surface area contributed by atoms with Gasteiger partial charge < -0.3 is 26.2 Å². The molecule has 0 aliphatic rings. The van der Waals surface area contributed by atoms with Crippen LogP contribution < -0.4 is 16.4 Å². The molecule has 0 heterocycles. The van der Waals surface area contributed by atoms with Crippen LogP contribution in [0, 0.1) is 10.1 Å². The quantitative estimate of drug-likeness (QED) is 0.314. The van der Waals surface area contributed by atoms with Gasteiger partial charge in [0.25, 0.3) is 5.69 Å². The van der Waals surface area contributed by atoms with Crippen molar-refractivity contribution in [3.8, 4) is 0 Å². The predicted octanol–water partition coefficient (Wildman–Crippen LogP) is 1.87. The smallest absolute Gasteiger partial charge is 0.408 e. The molecule has 2 amide bonds. The number of rotatable bonds is 7. The molecule has 0 radical (unpaired) electrons. The monoisotopic (exact) mass is 382 g/mol. The molecule has 0 unspecified atom stereocenters. The van der Waals surface area contributed by atoms with Gasteiger partial charge in [-0.15, -0.1) is 0 Å². The Labute approximate surface area is 155 Å². The number of aliphatic carboxylic acids is 1. The molecule has 1 aromatic carbocycles. The molecule has 0 bridgehead atoms. The number of nitrogen functional groups attached to an aromatic ring is 1. The summed E-state index contributed by atoms with van der Waals surface area (Å²) in [7, 11) is 0. The second-order valence-electron chi connectivity index (χ2n) is 6.65. The first-order chi connectivity index (χ1) is 12.4. The van der Waals surface area contributed by atoms with Crippen LogP contribution in [0.2, 0.25) is 0 Å². The van der Waals surface area contributed by atoms with Gasteiger partial charge >= 0.3 is 12.1 Å². The average Bonchev–Trinajstić information content (AvgIpc) is 2.51. The number of amides is 2. The number of hydrogen-bond acceptors (Lipinski definition) is 7. The maximum Gasteiger partial charge on any atom is 0.408 e. The Morgan fingerprint density at radius 1 is 1.33 bits per heavy atom. The van der Waals surface area contributed by atoms with Crippen LogP contribution in [0.4, 0.5) is 21.9 Å². The van der Waals surface area contributed by atoms with Crippen molar-refractivity contribution in [2.45, 2.75) is 45.3 Å². The van der Waals surface area contributed by atoms with Crippen LogP contribution in [-0.4, -0.2) is 39.6 Å². The number of carbonyl (C=O) groups excluding carboxylic acids is 2. The Morgan fingerprint density at radius 2 is 1.96 bits per heavy atom. The molecule has 0 saturated heterocycles. The third-order valence-electron chi connectivity index (χ3n) is 3.16. The van der Waals surface area contributed by atoms with E-state index in [2.05, 4.69) is 10.6 Å². The number of nitro benzene ring substituents is 1. The molecule has 27 heavy (non-hydrogen) atoms. The van der Waals surface area contributed by atoms with Gasteiger partial charge in [-0.2, -0.15) is 0 Å². The van der Waals surface area contributed by atoms with Gasteiger partial charge in [-0.3, -0.25) is 19.7 Å². The molecule has 0 fully saturated rings. The van der Waals surface area contributed by atoms with E-state index in [0.717, 1.165) is 6.07 Å². The molecule has 0 saturated carbocycles. The van der Waals surface area contributed by atoms with E-state index in [9.17, 15) is 24.5 Å². The van der Waals surface area contributed by atoms with Gasteiger partial charge in [0, 0.05) is 18.6 Å². The number of carboxylic acids is 1. The normalized spacial score (nSPS) is 12.0. The molecule has 1 aromatic rings. The fraction of sp³-hybridized carbons (Fsp3) is 0.438. The highest BCUT2D eigenvalue weighted by molar-refractivity contribution is 5.99. The van der Waals surface area contributed by atoms with Crippen molar-refractivity contribution in [1.82, 2.24) is 5.32 Å². The van der Waals surface area contributed by atoms with E-state index in [0.29, 0.717) is 0 Å². The summed E-state index contributed by atoms with van der Waals surface area (Å²) in [5.74, 6) is -1.94. The fourth-order valence-corrected chi connectivity index (χ4v) is 1.97. The van der Waals surface area contributed by atoms with Crippen molar-refractivity contribution in [1.29, 1.82) is 0 Å². The van der Waals surface area contributed by atoms with Crippen LogP contribution in [0.25, 0.3) is 0 Å². The van der Waals surface area contributed by atoms with E-state index in [1.807, 2.05) is 0 Å². The maximum absolute atomic E-state index is 12.5. The first kappa shape index (κ1) is 21.7. The summed E-state index contributed by atoms with van der Waals surface area (Å²) in [6, 6.07) is 2.25. The van der Waals surface area contributed by atoms with Gasteiger partial charge in [0.2, 0.25) is 5.91 Å². The lowest BCUT2D eigenvalue weighted by Gasteiger charge is -2.23. The minimum atomic E-state index is -1.24. The number of nitrogens with two attached hydrogens (primary N) is 1. The fourth-order valence-electron chi connectivity index (χ4n) is 1.97. The van der Waals surface area contributed by atoms with Crippen LogP contribution in [0.3, 0.4) is 0 Å². The molecule has 1 rings (SSSR count). The van der Waals surface area contributed by atoms with Crippen molar-refractivity contribution in [2.75, 3.05) is 11.1 Å². The second kappa shape index (κ2) is 8.83. The van der Waals surface area contributed by atoms with Gasteiger partial charge in [0.1, 0.15) is 11.6 Å². The van der Waals surface area contributed by atoms with Gasteiger partial charge in [0.05, 0.1) is 16.3 Å². The average molecular weight is 382 g/mol. The summed E-state index contributed by atoms with van der Waals surface area (Å²) in [4.78, 5) is 45.4. The predicted molar refractivity (Wildman–Crippen MR) is 96.2 cm³/mol. The Balaban J connectivity index is 2.96. The summed E-state index contributed by atoms with van der Waals surface area (Å²) in [5.41, 5.74) is 4.64. The lowest BCUT2D eigenvalue weighted by atomic mass is 10.1. The molecule has 0 spiro atoms. The molecule has 0 aliphatic heterocycles. The van der Waals surface area contributed by atoms with E-state index in [1.165, 1.54) is 12.1 Å². The van der Waals surface area contributed by atoms with Crippen molar-refractivity contribution in [3.05, 3.63) is 28.3 Å². The number of non-ortho nitro benzene ring substituents is 1. The number of nitrogens with zero attached hydrogens (tertiary/aromatic N) is 1. The number of carbonyl (C=O) groups is 3.